The molecule has 138 valence electrons. The summed E-state index contributed by atoms with van der Waals surface area (Å²) in [4.78, 5) is 7.16. The molecule has 1 saturated heterocycles. The summed E-state index contributed by atoms with van der Waals surface area (Å²) in [5.74, 6) is 1.08. The summed E-state index contributed by atoms with van der Waals surface area (Å²) < 4.78 is 2.15. The molecule has 1 aliphatic heterocycles. The number of nitrogens with zero attached hydrogens (tertiary/aromatic N) is 4. The van der Waals surface area contributed by atoms with Crippen LogP contribution < -0.4 is 10.6 Å². The van der Waals surface area contributed by atoms with Crippen molar-refractivity contribution in [3.8, 4) is 17.2 Å². The van der Waals surface area contributed by atoms with E-state index in [1.165, 1.54) is 0 Å². The average molecular weight is 367 g/mol. The SMILES string of the molecule is Cc1c(-c2ccccc2)c(N2CC[C@H](N)C2)n2c(nc3ccccc32)c1C#N. The number of rotatable bonds is 2. The minimum Gasteiger partial charge on any atom is -0.356 e. The highest BCUT2D eigenvalue weighted by Crippen LogP contribution is 2.40. The molecule has 0 radical (unpaired) electrons. The molecule has 1 fully saturated rings. The van der Waals surface area contributed by atoms with Crippen LogP contribution in [0.4, 0.5) is 5.82 Å². The fourth-order valence-corrected chi connectivity index (χ4v) is 4.34. The van der Waals surface area contributed by atoms with Crippen LogP contribution in [-0.2, 0) is 0 Å². The Hall–Kier alpha value is -3.36. The molecular formula is C23H21N5. The van der Waals surface area contributed by atoms with Crippen molar-refractivity contribution in [1.29, 1.82) is 5.26 Å². The van der Waals surface area contributed by atoms with Crippen molar-refractivity contribution in [3.05, 3.63) is 65.7 Å². The van der Waals surface area contributed by atoms with E-state index < -0.39 is 0 Å². The van der Waals surface area contributed by atoms with E-state index >= 15 is 0 Å². The highest BCUT2D eigenvalue weighted by Gasteiger charge is 2.28. The number of nitriles is 1. The number of aromatic nitrogens is 2. The standard InChI is InChI=1S/C23H21N5/c1-15-18(13-24)22-26-19-9-5-6-10-20(19)28(22)23(27-12-11-17(25)14-27)21(15)16-7-3-2-4-8-16/h2-10,17H,11-12,14,25H2,1H3/t17-/m0/s1. The zero-order valence-corrected chi connectivity index (χ0v) is 15.8. The molecule has 5 nitrogen and oxygen atoms in total. The van der Waals surface area contributed by atoms with Gasteiger partial charge in [0, 0.05) is 24.7 Å². The second-order valence-corrected chi connectivity index (χ2v) is 7.43. The summed E-state index contributed by atoms with van der Waals surface area (Å²) in [5.41, 5.74) is 12.7. The van der Waals surface area contributed by atoms with E-state index in [4.69, 9.17) is 10.7 Å². The molecule has 0 aliphatic carbocycles. The molecule has 2 aromatic carbocycles. The van der Waals surface area contributed by atoms with Gasteiger partial charge >= 0.3 is 0 Å². The van der Waals surface area contributed by atoms with Gasteiger partial charge in [-0.05, 0) is 36.6 Å². The Labute approximate surface area is 163 Å². The van der Waals surface area contributed by atoms with Crippen molar-refractivity contribution in [2.75, 3.05) is 18.0 Å². The predicted molar refractivity (Wildman–Crippen MR) is 112 cm³/mol. The van der Waals surface area contributed by atoms with E-state index in [9.17, 15) is 5.26 Å². The summed E-state index contributed by atoms with van der Waals surface area (Å²) in [6.45, 7) is 3.72. The Bertz CT molecular complexity index is 1230. The van der Waals surface area contributed by atoms with Crippen LogP contribution in [0.25, 0.3) is 27.8 Å². The topological polar surface area (TPSA) is 70.3 Å². The van der Waals surface area contributed by atoms with Crippen LogP contribution in [0, 0.1) is 18.3 Å². The van der Waals surface area contributed by atoms with Crippen molar-refractivity contribution in [1.82, 2.24) is 9.38 Å². The van der Waals surface area contributed by atoms with Crippen LogP contribution in [0.1, 0.15) is 17.5 Å². The van der Waals surface area contributed by atoms with E-state index in [0.717, 1.165) is 58.7 Å². The van der Waals surface area contributed by atoms with E-state index in [1.54, 1.807) is 0 Å². The van der Waals surface area contributed by atoms with Gasteiger partial charge in [0.2, 0.25) is 0 Å². The van der Waals surface area contributed by atoms with Crippen molar-refractivity contribution in [3.63, 3.8) is 0 Å². The minimum atomic E-state index is 0.157. The third kappa shape index (κ3) is 2.39. The Morgan fingerprint density at radius 3 is 2.57 bits per heavy atom. The molecule has 2 aromatic heterocycles. The molecule has 0 spiro atoms. The average Bonchev–Trinajstić information content (AvgIpc) is 3.31. The van der Waals surface area contributed by atoms with Gasteiger partial charge in [-0.2, -0.15) is 5.26 Å². The van der Waals surface area contributed by atoms with E-state index in [2.05, 4.69) is 33.6 Å². The molecule has 5 rings (SSSR count). The lowest BCUT2D eigenvalue weighted by molar-refractivity contribution is 0.751. The number of hydrogen-bond acceptors (Lipinski definition) is 4. The first-order valence-corrected chi connectivity index (χ1v) is 9.59. The van der Waals surface area contributed by atoms with Gasteiger partial charge in [-0.25, -0.2) is 4.98 Å². The fraction of sp³-hybridized carbons (Fsp3) is 0.217. The quantitative estimate of drug-likeness (QED) is 0.584. The van der Waals surface area contributed by atoms with Crippen LogP contribution in [0.2, 0.25) is 0 Å². The minimum absolute atomic E-state index is 0.157. The largest absolute Gasteiger partial charge is 0.356 e. The summed E-state index contributed by atoms with van der Waals surface area (Å²) in [7, 11) is 0. The second-order valence-electron chi connectivity index (χ2n) is 7.43. The molecule has 1 aliphatic rings. The van der Waals surface area contributed by atoms with Gasteiger partial charge in [-0.3, -0.25) is 4.40 Å². The van der Waals surface area contributed by atoms with Gasteiger partial charge in [0.15, 0.2) is 5.65 Å². The van der Waals surface area contributed by atoms with Crippen molar-refractivity contribution in [2.24, 2.45) is 5.73 Å². The molecule has 0 bridgehead atoms. The zero-order valence-electron chi connectivity index (χ0n) is 15.8. The Morgan fingerprint density at radius 1 is 1.11 bits per heavy atom. The van der Waals surface area contributed by atoms with Gasteiger partial charge in [-0.1, -0.05) is 42.5 Å². The van der Waals surface area contributed by atoms with Crippen LogP contribution >= 0.6 is 0 Å². The first-order chi connectivity index (χ1) is 13.7. The predicted octanol–water partition coefficient (Wildman–Crippen LogP) is 3.87. The third-order valence-corrected chi connectivity index (χ3v) is 5.67. The third-order valence-electron chi connectivity index (χ3n) is 5.67. The summed E-state index contributed by atoms with van der Waals surface area (Å²) >= 11 is 0. The molecule has 0 unspecified atom stereocenters. The zero-order chi connectivity index (χ0) is 19.3. The number of fused-ring (bicyclic) bond motifs is 3. The number of hydrogen-bond donors (Lipinski definition) is 1. The Kier molecular flexibility index (Phi) is 3.81. The molecule has 0 saturated carbocycles. The lowest BCUT2D eigenvalue weighted by atomic mass is 9.97. The van der Waals surface area contributed by atoms with Crippen LogP contribution in [0.5, 0.6) is 0 Å². The molecule has 0 amide bonds. The maximum Gasteiger partial charge on any atom is 0.157 e. The maximum atomic E-state index is 9.97. The van der Waals surface area contributed by atoms with Gasteiger partial charge in [0.1, 0.15) is 11.9 Å². The molecule has 1 atom stereocenters. The van der Waals surface area contributed by atoms with E-state index in [0.29, 0.717) is 5.56 Å². The first-order valence-electron chi connectivity index (χ1n) is 9.59. The summed E-state index contributed by atoms with van der Waals surface area (Å²) in [6.07, 6.45) is 0.960. The van der Waals surface area contributed by atoms with Crippen molar-refractivity contribution in [2.45, 2.75) is 19.4 Å². The highest BCUT2D eigenvalue weighted by atomic mass is 15.3. The Balaban J connectivity index is 1.98. The summed E-state index contributed by atoms with van der Waals surface area (Å²) in [5, 5.41) is 9.97. The lowest BCUT2D eigenvalue weighted by Crippen LogP contribution is -2.28. The number of pyridine rings is 1. The molecule has 2 N–H and O–H groups in total. The summed E-state index contributed by atoms with van der Waals surface area (Å²) in [6, 6.07) is 20.9. The number of imidazole rings is 1. The first kappa shape index (κ1) is 16.8. The van der Waals surface area contributed by atoms with Gasteiger partial charge < -0.3 is 10.6 Å². The smallest absolute Gasteiger partial charge is 0.157 e. The van der Waals surface area contributed by atoms with E-state index in [1.807, 2.05) is 43.3 Å². The Morgan fingerprint density at radius 2 is 1.86 bits per heavy atom. The number of anilines is 1. The number of para-hydroxylation sites is 2. The second kappa shape index (κ2) is 6.36. The highest BCUT2D eigenvalue weighted by molar-refractivity contribution is 5.92. The molecule has 5 heteroatoms. The van der Waals surface area contributed by atoms with E-state index in [-0.39, 0.29) is 6.04 Å². The number of nitrogens with two attached hydrogens (primary N) is 1. The molecular weight excluding hydrogens is 346 g/mol. The van der Waals surface area contributed by atoms with Crippen LogP contribution in [-0.4, -0.2) is 28.5 Å². The fourth-order valence-electron chi connectivity index (χ4n) is 4.34. The van der Waals surface area contributed by atoms with Crippen LogP contribution in [0.15, 0.2) is 54.6 Å². The lowest BCUT2D eigenvalue weighted by Gasteiger charge is -2.26. The van der Waals surface area contributed by atoms with Gasteiger partial charge in [0.25, 0.3) is 0 Å². The molecule has 3 heterocycles. The van der Waals surface area contributed by atoms with Gasteiger partial charge in [-0.15, -0.1) is 0 Å². The van der Waals surface area contributed by atoms with Crippen LogP contribution in [0.3, 0.4) is 0 Å². The normalized spacial score (nSPS) is 16.8. The van der Waals surface area contributed by atoms with Crippen molar-refractivity contribution >= 4 is 22.5 Å². The number of benzene rings is 2. The monoisotopic (exact) mass is 367 g/mol. The molecule has 4 aromatic rings. The maximum absolute atomic E-state index is 9.97. The molecule has 28 heavy (non-hydrogen) atoms. The van der Waals surface area contributed by atoms with Gasteiger partial charge in [0.05, 0.1) is 16.6 Å². The van der Waals surface area contributed by atoms with Crippen molar-refractivity contribution < 1.29 is 0 Å².